The minimum atomic E-state index is -3.62. The summed E-state index contributed by atoms with van der Waals surface area (Å²) in [7, 11) is -3.62. The van der Waals surface area contributed by atoms with Crippen LogP contribution in [0.2, 0.25) is 0 Å². The third-order valence-electron chi connectivity index (χ3n) is 6.66. The summed E-state index contributed by atoms with van der Waals surface area (Å²) in [5.74, 6) is 5.01. The van der Waals surface area contributed by atoms with Gasteiger partial charge in [0.2, 0.25) is 21.8 Å². The van der Waals surface area contributed by atoms with Crippen LogP contribution in [0.25, 0.3) is 0 Å². The van der Waals surface area contributed by atoms with Crippen LogP contribution >= 0.6 is 0 Å². The summed E-state index contributed by atoms with van der Waals surface area (Å²) < 4.78 is 27.7. The number of sulfonamides is 1. The maximum atomic E-state index is 13.5. The Morgan fingerprint density at radius 3 is 2.54 bits per heavy atom. The van der Waals surface area contributed by atoms with E-state index in [4.69, 9.17) is 5.84 Å². The van der Waals surface area contributed by atoms with Gasteiger partial charge in [0.25, 0.3) is 0 Å². The van der Waals surface area contributed by atoms with E-state index in [0.29, 0.717) is 38.3 Å². The monoisotopic (exact) mass is 506 g/mol. The summed E-state index contributed by atoms with van der Waals surface area (Å²) in [6.07, 6.45) is 5.46. The second-order valence-electron chi connectivity index (χ2n) is 9.36. The van der Waals surface area contributed by atoms with Gasteiger partial charge in [0.05, 0.1) is 5.75 Å². The molecule has 2 aliphatic rings. The van der Waals surface area contributed by atoms with Gasteiger partial charge in [-0.25, -0.2) is 13.1 Å². The standard InChI is InChI=1S/C24H38N6O4S/c1-2-15-35(33,34)28-21(16-19-7-4-3-5-8-19)24(32)30-12-6-9-22(30)23(31)26-17-20-10-13-29(14-11-20)18-27-25/h3-5,7-8,18,20-22,28H,2,6,9-17,25H2,1H3,(H,26,31)/t21-,22+/m1/s1. The Bertz CT molecular complexity index is 963. The van der Waals surface area contributed by atoms with E-state index in [2.05, 4.69) is 20.0 Å². The third kappa shape index (κ3) is 7.93. The molecule has 2 aliphatic heterocycles. The number of rotatable bonds is 11. The van der Waals surface area contributed by atoms with Crippen molar-refractivity contribution in [3.8, 4) is 0 Å². The van der Waals surface area contributed by atoms with Gasteiger partial charge in [-0.05, 0) is 50.0 Å². The highest BCUT2D eigenvalue weighted by Crippen LogP contribution is 2.21. The van der Waals surface area contributed by atoms with E-state index < -0.39 is 22.1 Å². The molecule has 0 saturated carbocycles. The number of nitrogens with zero attached hydrogens (tertiary/aromatic N) is 3. The molecular weight excluding hydrogens is 468 g/mol. The van der Waals surface area contributed by atoms with E-state index in [9.17, 15) is 18.0 Å². The van der Waals surface area contributed by atoms with Gasteiger partial charge >= 0.3 is 0 Å². The number of benzene rings is 1. The van der Waals surface area contributed by atoms with Crippen LogP contribution in [0, 0.1) is 5.92 Å². The van der Waals surface area contributed by atoms with E-state index in [1.54, 1.807) is 18.2 Å². The zero-order valence-electron chi connectivity index (χ0n) is 20.4. The molecule has 0 bridgehead atoms. The predicted octanol–water partition coefficient (Wildman–Crippen LogP) is 0.648. The normalized spacial score (nSPS) is 20.3. The van der Waals surface area contributed by atoms with Crippen molar-refractivity contribution in [3.05, 3.63) is 35.9 Å². The molecule has 35 heavy (non-hydrogen) atoms. The quantitative estimate of drug-likeness (QED) is 0.174. The van der Waals surface area contributed by atoms with E-state index in [1.165, 1.54) is 0 Å². The number of hydrogen-bond donors (Lipinski definition) is 3. The summed E-state index contributed by atoms with van der Waals surface area (Å²) in [5, 5.41) is 6.59. The maximum Gasteiger partial charge on any atom is 0.242 e. The minimum Gasteiger partial charge on any atom is -0.361 e. The Morgan fingerprint density at radius 1 is 1.17 bits per heavy atom. The zero-order chi connectivity index (χ0) is 25.3. The molecule has 0 radical (unpaired) electrons. The van der Waals surface area contributed by atoms with Gasteiger partial charge in [-0.15, -0.1) is 0 Å². The molecule has 3 rings (SSSR count). The van der Waals surface area contributed by atoms with Crippen LogP contribution in [-0.4, -0.2) is 80.4 Å². The first-order valence-corrected chi connectivity index (χ1v) is 14.1. The van der Waals surface area contributed by atoms with Gasteiger partial charge < -0.3 is 21.0 Å². The summed E-state index contributed by atoms with van der Waals surface area (Å²) >= 11 is 0. The molecule has 2 amide bonds. The van der Waals surface area contributed by atoms with Gasteiger partial charge in [-0.1, -0.05) is 37.3 Å². The molecule has 1 aromatic rings. The van der Waals surface area contributed by atoms with Gasteiger partial charge in [-0.3, -0.25) is 9.59 Å². The van der Waals surface area contributed by atoms with Crippen LogP contribution in [0.1, 0.15) is 44.6 Å². The molecule has 2 heterocycles. The van der Waals surface area contributed by atoms with Gasteiger partial charge in [0, 0.05) is 26.2 Å². The minimum absolute atomic E-state index is 0.0502. The Hall–Kier alpha value is -2.66. The summed E-state index contributed by atoms with van der Waals surface area (Å²) in [5.41, 5.74) is 0.858. The number of hydrazone groups is 1. The van der Waals surface area contributed by atoms with Crippen LogP contribution in [0.4, 0.5) is 0 Å². The van der Waals surface area contributed by atoms with Gasteiger partial charge in [0.15, 0.2) is 0 Å². The lowest BCUT2D eigenvalue weighted by Gasteiger charge is -2.31. The molecule has 1 aromatic carbocycles. The topological polar surface area (TPSA) is 137 Å². The second-order valence-corrected chi connectivity index (χ2v) is 11.2. The Balaban J connectivity index is 1.63. The molecule has 4 N–H and O–H groups in total. The van der Waals surface area contributed by atoms with Crippen molar-refractivity contribution >= 4 is 28.2 Å². The van der Waals surface area contributed by atoms with Crippen molar-refractivity contribution in [3.63, 3.8) is 0 Å². The van der Waals surface area contributed by atoms with Crippen molar-refractivity contribution in [1.29, 1.82) is 0 Å². The smallest absolute Gasteiger partial charge is 0.242 e. The number of nitrogens with two attached hydrogens (primary N) is 1. The fourth-order valence-electron chi connectivity index (χ4n) is 4.81. The highest BCUT2D eigenvalue weighted by molar-refractivity contribution is 7.89. The van der Waals surface area contributed by atoms with Crippen LogP contribution < -0.4 is 15.9 Å². The molecule has 0 spiro atoms. The summed E-state index contributed by atoms with van der Waals surface area (Å²) in [4.78, 5) is 30.2. The number of nitrogens with one attached hydrogen (secondary N) is 2. The number of hydrogen-bond acceptors (Lipinski definition) is 6. The van der Waals surface area contributed by atoms with E-state index >= 15 is 0 Å². The predicted molar refractivity (Wildman–Crippen MR) is 136 cm³/mol. The summed E-state index contributed by atoms with van der Waals surface area (Å²) in [6, 6.07) is 7.79. The lowest BCUT2D eigenvalue weighted by Crippen LogP contribution is -2.54. The van der Waals surface area contributed by atoms with E-state index in [-0.39, 0.29) is 24.0 Å². The molecular formula is C24H38N6O4S. The van der Waals surface area contributed by atoms with E-state index in [1.807, 2.05) is 30.3 Å². The highest BCUT2D eigenvalue weighted by atomic mass is 32.2. The molecule has 0 unspecified atom stereocenters. The van der Waals surface area contributed by atoms with Crippen LogP contribution in [0.5, 0.6) is 0 Å². The van der Waals surface area contributed by atoms with Gasteiger partial charge in [0.1, 0.15) is 18.4 Å². The van der Waals surface area contributed by atoms with Crippen LogP contribution in [-0.2, 0) is 26.0 Å². The number of likely N-dealkylation sites (tertiary alicyclic amines) is 2. The molecule has 0 aromatic heterocycles. The van der Waals surface area contributed by atoms with Crippen molar-refractivity contribution < 1.29 is 18.0 Å². The number of carbonyl (C=O) groups excluding carboxylic acids is 2. The first-order valence-electron chi connectivity index (χ1n) is 12.4. The Morgan fingerprint density at radius 2 is 1.89 bits per heavy atom. The Kier molecular flexibility index (Phi) is 9.91. The van der Waals surface area contributed by atoms with Crippen LogP contribution in [0.15, 0.2) is 35.4 Å². The number of amides is 2. The van der Waals surface area contributed by atoms with E-state index in [0.717, 1.165) is 31.5 Å². The van der Waals surface area contributed by atoms with Crippen molar-refractivity contribution in [2.45, 2.75) is 57.5 Å². The van der Waals surface area contributed by atoms with Crippen molar-refractivity contribution in [2.24, 2.45) is 16.9 Å². The lowest BCUT2D eigenvalue weighted by atomic mass is 9.97. The zero-order valence-corrected chi connectivity index (χ0v) is 21.3. The fourth-order valence-corrected chi connectivity index (χ4v) is 6.08. The molecule has 10 nitrogen and oxygen atoms in total. The van der Waals surface area contributed by atoms with Crippen molar-refractivity contribution in [2.75, 3.05) is 31.9 Å². The summed E-state index contributed by atoms with van der Waals surface area (Å²) in [6.45, 7) is 4.46. The molecule has 2 saturated heterocycles. The maximum absolute atomic E-state index is 13.5. The van der Waals surface area contributed by atoms with Crippen LogP contribution in [0.3, 0.4) is 0 Å². The van der Waals surface area contributed by atoms with Gasteiger partial charge in [-0.2, -0.15) is 5.10 Å². The largest absolute Gasteiger partial charge is 0.361 e. The lowest BCUT2D eigenvalue weighted by molar-refractivity contribution is -0.139. The Labute approximate surface area is 208 Å². The number of carbonyl (C=O) groups is 2. The molecule has 2 atom stereocenters. The highest BCUT2D eigenvalue weighted by Gasteiger charge is 2.38. The average Bonchev–Trinajstić information content (AvgIpc) is 3.33. The third-order valence-corrected chi connectivity index (χ3v) is 8.25. The van der Waals surface area contributed by atoms with Crippen molar-refractivity contribution in [1.82, 2.24) is 19.8 Å². The molecule has 2 fully saturated rings. The molecule has 0 aliphatic carbocycles. The SMILES string of the molecule is CCCS(=O)(=O)N[C@H](Cc1ccccc1)C(=O)N1CCC[C@H]1C(=O)NCC1CCN(C=NN)CC1. The second kappa shape index (κ2) is 12.9. The first-order chi connectivity index (χ1) is 16.8. The molecule has 194 valence electrons. The first kappa shape index (κ1) is 26.9. The number of piperidine rings is 1. The molecule has 11 heteroatoms. The fraction of sp³-hybridized carbons (Fsp3) is 0.625. The average molecular weight is 507 g/mol.